The van der Waals surface area contributed by atoms with Gasteiger partial charge in [-0.15, -0.1) is 4.65 Å². The average molecular weight is 464 g/mol. The number of fused-ring (bicyclic) bond motifs is 5. The lowest BCUT2D eigenvalue weighted by Crippen LogP contribution is -2.63. The summed E-state index contributed by atoms with van der Waals surface area (Å²) in [4.78, 5) is 23.4. The van der Waals surface area contributed by atoms with Gasteiger partial charge in [0.1, 0.15) is 12.1 Å². The van der Waals surface area contributed by atoms with E-state index in [1.165, 1.54) is 5.57 Å². The van der Waals surface area contributed by atoms with Gasteiger partial charge in [-0.2, -0.15) is 4.89 Å². The molecule has 2 saturated carbocycles. The van der Waals surface area contributed by atoms with Gasteiger partial charge in [0.25, 0.3) is 0 Å². The van der Waals surface area contributed by atoms with Crippen LogP contribution in [0.5, 0.6) is 0 Å². The topological polar surface area (TPSA) is 74.6 Å². The fraction of sp³-hybridized carbons (Fsp3) is 0.808. The summed E-state index contributed by atoms with van der Waals surface area (Å²) in [5.74, 6) is 1.55. The Labute approximate surface area is 194 Å². The van der Waals surface area contributed by atoms with Gasteiger partial charge in [-0.1, -0.05) is 19.9 Å². The number of carbonyl (C=O) groups excluding carboxylic acids is 1. The second kappa shape index (κ2) is 8.12. The van der Waals surface area contributed by atoms with E-state index in [1.54, 1.807) is 0 Å². The quantitative estimate of drug-likeness (QED) is 0.221. The summed E-state index contributed by atoms with van der Waals surface area (Å²) < 4.78 is 11.2. The zero-order valence-corrected chi connectivity index (χ0v) is 21.6. The molecule has 2 fully saturated rings. The summed E-state index contributed by atoms with van der Waals surface area (Å²) in [5, 5.41) is 12.1. The highest BCUT2D eigenvalue weighted by molar-refractivity contribution is 7.43. The van der Waals surface area contributed by atoms with E-state index in [1.807, 2.05) is 33.8 Å². The van der Waals surface area contributed by atoms with Crippen LogP contribution < -0.4 is 0 Å². The van der Waals surface area contributed by atoms with Crippen LogP contribution >= 0.6 is 8.03 Å². The molecule has 0 saturated heterocycles. The number of amides is 1. The fourth-order valence-electron chi connectivity index (χ4n) is 8.22. The Bertz CT molecular complexity index is 869. The van der Waals surface area contributed by atoms with Crippen molar-refractivity contribution in [2.24, 2.45) is 34.5 Å². The Balaban J connectivity index is 1.64. The molecule has 0 aromatic heterocycles. The van der Waals surface area contributed by atoms with E-state index in [0.717, 1.165) is 38.5 Å². The van der Waals surface area contributed by atoms with Crippen LogP contribution in [0.4, 0.5) is 0 Å². The number of allylic oxidation sites excluding steroid dienone is 4. The lowest BCUT2D eigenvalue weighted by atomic mass is 9.48. The molecule has 0 aromatic carbocycles. The summed E-state index contributed by atoms with van der Waals surface area (Å²) in [7, 11) is -2.24. The van der Waals surface area contributed by atoms with Crippen molar-refractivity contribution in [3.05, 3.63) is 23.0 Å². The molecule has 4 rings (SSSR count). The van der Waals surface area contributed by atoms with E-state index in [0.29, 0.717) is 29.5 Å². The van der Waals surface area contributed by atoms with E-state index in [9.17, 15) is 19.5 Å². The highest BCUT2D eigenvalue weighted by Crippen LogP contribution is 2.66. The van der Waals surface area contributed by atoms with Crippen LogP contribution in [0.3, 0.4) is 0 Å². The van der Waals surface area contributed by atoms with Crippen molar-refractivity contribution in [2.45, 2.75) is 98.6 Å². The largest absolute Gasteiger partial charge is 0.541 e. The van der Waals surface area contributed by atoms with Crippen molar-refractivity contribution in [1.82, 2.24) is 0 Å². The molecule has 0 bridgehead atoms. The molecule has 0 heterocycles. The lowest BCUT2D eigenvalue weighted by molar-refractivity contribution is -1.07. The van der Waals surface area contributed by atoms with Gasteiger partial charge in [0.2, 0.25) is 5.31 Å². The summed E-state index contributed by atoms with van der Waals surface area (Å²) in [6.45, 7) is 12.5. The Morgan fingerprint density at radius 1 is 1.09 bits per heavy atom. The van der Waals surface area contributed by atoms with Crippen molar-refractivity contribution in [2.75, 3.05) is 0 Å². The summed E-state index contributed by atoms with van der Waals surface area (Å²) >= 11 is 0. The maximum atomic E-state index is 13.8. The highest BCUT2D eigenvalue weighted by atomic mass is 31.1. The smallest absolute Gasteiger partial charge is 0.227 e. The standard InChI is InChI=1S/C26H41NO4P/c1-16(2)27(29,17(3)4)24(28)23-10-9-21-20-8-7-18-15-19(32(30)31)11-13-25(18,5)22(20)12-14-26(21,23)6/h7,15-17,20-23,29H,8-14H2,1-6H3/q+1/p+1/t20-,21-,22-,23+,25-,26-/m0/s1. The van der Waals surface area contributed by atoms with E-state index in [-0.39, 0.29) is 34.7 Å². The van der Waals surface area contributed by atoms with Crippen molar-refractivity contribution in [1.29, 1.82) is 0 Å². The molecule has 0 aliphatic heterocycles. The predicted octanol–water partition coefficient (Wildman–Crippen LogP) is 6.34. The molecule has 7 atom stereocenters. The van der Waals surface area contributed by atoms with E-state index in [4.69, 9.17) is 0 Å². The first-order chi connectivity index (χ1) is 14.9. The maximum Gasteiger partial charge on any atom is 0.541 e. The highest BCUT2D eigenvalue weighted by Gasteiger charge is 2.63. The molecule has 1 unspecified atom stereocenters. The molecule has 0 spiro atoms. The third kappa shape index (κ3) is 3.34. The van der Waals surface area contributed by atoms with Gasteiger partial charge < -0.3 is 0 Å². The SMILES string of the molecule is CC(C)[N+](O)(C(=O)[C@H]1CC[C@H]2[C@@H]3CC=C4C=C([P+](=O)O)CC[C@]4(C)[C@H]3CC[C@]12C)C(C)C. The molecule has 0 aromatic rings. The minimum Gasteiger partial charge on any atom is -0.227 e. The summed E-state index contributed by atoms with van der Waals surface area (Å²) in [6.07, 6.45) is 11.0. The van der Waals surface area contributed by atoms with Crippen LogP contribution in [-0.4, -0.2) is 32.7 Å². The van der Waals surface area contributed by atoms with Gasteiger partial charge in [-0.25, -0.2) is 10.0 Å². The minimum absolute atomic E-state index is 0.0219. The second-order valence-electron chi connectivity index (χ2n) is 12.0. The molecule has 1 amide bonds. The third-order valence-electron chi connectivity index (χ3n) is 10.2. The van der Waals surface area contributed by atoms with Gasteiger partial charge >= 0.3 is 13.9 Å². The molecule has 4 aliphatic carbocycles. The summed E-state index contributed by atoms with van der Waals surface area (Å²) in [6, 6.07) is -0.302. The molecule has 0 radical (unpaired) electrons. The molecular weight excluding hydrogens is 421 g/mol. The molecule has 4 aliphatic rings. The van der Waals surface area contributed by atoms with Gasteiger partial charge in [-0.05, 0) is 111 Å². The van der Waals surface area contributed by atoms with Crippen molar-refractivity contribution < 1.29 is 24.1 Å². The van der Waals surface area contributed by atoms with Crippen LogP contribution in [0, 0.1) is 34.5 Å². The zero-order valence-electron chi connectivity index (χ0n) is 20.7. The van der Waals surface area contributed by atoms with Crippen molar-refractivity contribution in [3.63, 3.8) is 0 Å². The van der Waals surface area contributed by atoms with Crippen LogP contribution in [-0.2, 0) is 9.36 Å². The first-order valence-electron chi connectivity index (χ1n) is 12.6. The molecule has 2 N–H and O–H groups in total. The number of hydrogen-bond donors (Lipinski definition) is 2. The van der Waals surface area contributed by atoms with Crippen LogP contribution in [0.15, 0.2) is 23.0 Å². The molecule has 6 heteroatoms. The van der Waals surface area contributed by atoms with E-state index in [2.05, 4.69) is 19.9 Å². The molecule has 5 nitrogen and oxygen atoms in total. The number of rotatable bonds is 4. The number of hydrogen-bond acceptors (Lipinski definition) is 3. The van der Waals surface area contributed by atoms with E-state index >= 15 is 0 Å². The van der Waals surface area contributed by atoms with Gasteiger partial charge in [0, 0.05) is 6.42 Å². The third-order valence-corrected chi connectivity index (χ3v) is 11.1. The monoisotopic (exact) mass is 463 g/mol. The van der Waals surface area contributed by atoms with Gasteiger partial charge in [0.15, 0.2) is 0 Å². The first-order valence-corrected chi connectivity index (χ1v) is 13.8. The molecule has 178 valence electrons. The number of quaternary nitrogens is 1. The van der Waals surface area contributed by atoms with Crippen molar-refractivity contribution >= 4 is 13.9 Å². The Hall–Kier alpha value is -0.870. The molecular formula is C26H42NO4P+2. The van der Waals surface area contributed by atoms with Crippen LogP contribution in [0.2, 0.25) is 0 Å². The number of carbonyl (C=O) groups is 1. The first kappa shape index (κ1) is 24.3. The summed E-state index contributed by atoms with van der Waals surface area (Å²) in [5.41, 5.74) is 1.27. The maximum absolute atomic E-state index is 13.8. The Kier molecular flexibility index (Phi) is 6.15. The normalized spacial score (nSPS) is 39.8. The van der Waals surface area contributed by atoms with E-state index < -0.39 is 12.7 Å². The Morgan fingerprint density at radius 3 is 2.34 bits per heavy atom. The fourth-order valence-corrected chi connectivity index (χ4v) is 8.77. The zero-order chi connectivity index (χ0) is 23.6. The second-order valence-corrected chi connectivity index (χ2v) is 13.2. The van der Waals surface area contributed by atoms with Gasteiger partial charge in [-0.3, -0.25) is 0 Å². The Morgan fingerprint density at radius 2 is 1.75 bits per heavy atom. The number of hydroxylamine groups is 3. The minimum atomic E-state index is -2.24. The lowest BCUT2D eigenvalue weighted by Gasteiger charge is -2.56. The van der Waals surface area contributed by atoms with Crippen LogP contribution in [0.25, 0.3) is 0 Å². The predicted molar refractivity (Wildman–Crippen MR) is 126 cm³/mol. The van der Waals surface area contributed by atoms with Crippen molar-refractivity contribution in [3.8, 4) is 0 Å². The average Bonchev–Trinajstić information content (AvgIpc) is 3.08. The molecule has 32 heavy (non-hydrogen) atoms. The number of nitrogens with zero attached hydrogens (tertiary/aromatic N) is 1. The van der Waals surface area contributed by atoms with Crippen LogP contribution in [0.1, 0.15) is 86.5 Å². The van der Waals surface area contributed by atoms with Gasteiger partial charge in [0.05, 0.1) is 5.92 Å².